The van der Waals surface area contributed by atoms with Gasteiger partial charge in [0.05, 0.1) is 22.2 Å². The second-order valence-corrected chi connectivity index (χ2v) is 15.2. The first-order valence-electron chi connectivity index (χ1n) is 19.7. The number of fused-ring (bicyclic) bond motifs is 16. The van der Waals surface area contributed by atoms with Gasteiger partial charge < -0.3 is 4.42 Å². The van der Waals surface area contributed by atoms with Crippen LogP contribution in [-0.2, 0) is 0 Å². The van der Waals surface area contributed by atoms with Crippen molar-refractivity contribution in [2.45, 2.75) is 0 Å². The molecule has 0 aliphatic carbocycles. The molecule has 58 heavy (non-hydrogen) atoms. The average molecular weight is 738 g/mol. The molecule has 0 aliphatic rings. The van der Waals surface area contributed by atoms with Gasteiger partial charge in [0.1, 0.15) is 11.2 Å². The Labute approximate surface area is 331 Å². The minimum atomic E-state index is 0.652. The number of benzene rings is 10. The summed E-state index contributed by atoms with van der Waals surface area (Å²) in [5.41, 5.74) is 9.22. The van der Waals surface area contributed by atoms with Gasteiger partial charge in [0.15, 0.2) is 0 Å². The molecule has 4 nitrogen and oxygen atoms in total. The molecular weight excluding hydrogens is 707 g/mol. The number of hydrogen-bond donors (Lipinski definition) is 0. The molecule has 0 radical (unpaired) electrons. The first-order valence-corrected chi connectivity index (χ1v) is 19.7. The Bertz CT molecular complexity index is 3860. The average Bonchev–Trinajstić information content (AvgIpc) is 3.85. The van der Waals surface area contributed by atoms with E-state index in [0.29, 0.717) is 5.95 Å². The number of rotatable bonds is 3. The van der Waals surface area contributed by atoms with Crippen LogP contribution >= 0.6 is 0 Å². The molecule has 0 atom stereocenters. The molecule has 0 N–H and O–H groups in total. The summed E-state index contributed by atoms with van der Waals surface area (Å²) in [5, 5.41) is 15.3. The van der Waals surface area contributed by atoms with E-state index in [0.717, 1.165) is 66.1 Å². The molecule has 0 unspecified atom stereocenters. The third kappa shape index (κ3) is 4.34. The number of hydrogen-bond acceptors (Lipinski definition) is 3. The van der Waals surface area contributed by atoms with Gasteiger partial charge in [-0.1, -0.05) is 152 Å². The molecule has 0 saturated carbocycles. The van der Waals surface area contributed by atoms with E-state index in [4.69, 9.17) is 14.4 Å². The largest absolute Gasteiger partial charge is 0.456 e. The van der Waals surface area contributed by atoms with Crippen LogP contribution in [0.1, 0.15) is 0 Å². The fourth-order valence-electron chi connectivity index (χ4n) is 9.66. The monoisotopic (exact) mass is 737 g/mol. The summed E-state index contributed by atoms with van der Waals surface area (Å²) in [7, 11) is 0. The Kier molecular flexibility index (Phi) is 6.41. The van der Waals surface area contributed by atoms with Crippen LogP contribution in [0.25, 0.3) is 126 Å². The molecule has 268 valence electrons. The number of para-hydroxylation sites is 2. The maximum atomic E-state index is 6.27. The standard InChI is InChI=1S/C54H31N3O/c1-2-15-33(16-3-1)52-41-23-10-12-24-45(41)55-54(56-52)57-46-28-26-32-14-4-5-17-35(32)50(46)51-49-39-21-8-6-18-36(39)42(31-44(49)37-19-7-9-22-40(37)53(51)57)34-27-29-48-43(30-34)38-20-11-13-25-47(38)58-48/h1-31H. The molecule has 13 aromatic rings. The Hall–Kier alpha value is -7.82. The predicted octanol–water partition coefficient (Wildman–Crippen LogP) is 14.6. The van der Waals surface area contributed by atoms with Crippen molar-refractivity contribution in [3.8, 4) is 28.3 Å². The van der Waals surface area contributed by atoms with Crippen molar-refractivity contribution in [3.63, 3.8) is 0 Å². The highest BCUT2D eigenvalue weighted by atomic mass is 16.3. The molecule has 0 bridgehead atoms. The first-order chi connectivity index (χ1) is 28.8. The summed E-state index contributed by atoms with van der Waals surface area (Å²) in [6.45, 7) is 0. The van der Waals surface area contributed by atoms with Crippen LogP contribution in [0.2, 0.25) is 0 Å². The van der Waals surface area contributed by atoms with E-state index in [9.17, 15) is 0 Å². The van der Waals surface area contributed by atoms with Gasteiger partial charge in [0.2, 0.25) is 5.95 Å². The van der Waals surface area contributed by atoms with Gasteiger partial charge in [-0.3, -0.25) is 4.57 Å². The molecule has 10 aromatic carbocycles. The van der Waals surface area contributed by atoms with E-state index >= 15 is 0 Å². The summed E-state index contributed by atoms with van der Waals surface area (Å²) < 4.78 is 8.60. The summed E-state index contributed by atoms with van der Waals surface area (Å²) in [6.07, 6.45) is 0. The van der Waals surface area contributed by atoms with Gasteiger partial charge >= 0.3 is 0 Å². The molecule has 0 spiro atoms. The van der Waals surface area contributed by atoms with Gasteiger partial charge in [-0.05, 0) is 79.8 Å². The lowest BCUT2D eigenvalue weighted by Gasteiger charge is -2.16. The van der Waals surface area contributed by atoms with Gasteiger partial charge in [0, 0.05) is 43.3 Å². The zero-order valence-corrected chi connectivity index (χ0v) is 31.1. The fraction of sp³-hybridized carbons (Fsp3) is 0. The molecule has 3 heterocycles. The van der Waals surface area contributed by atoms with Crippen LogP contribution in [0.15, 0.2) is 192 Å². The second-order valence-electron chi connectivity index (χ2n) is 15.2. The highest BCUT2D eigenvalue weighted by molar-refractivity contribution is 6.40. The number of aromatic nitrogens is 3. The Morgan fingerprint density at radius 3 is 1.91 bits per heavy atom. The maximum absolute atomic E-state index is 6.27. The Balaban J connectivity index is 1.23. The summed E-state index contributed by atoms with van der Waals surface area (Å²) >= 11 is 0. The third-order valence-corrected chi connectivity index (χ3v) is 12.2. The topological polar surface area (TPSA) is 43.9 Å². The lowest BCUT2D eigenvalue weighted by atomic mass is 9.88. The smallest absolute Gasteiger partial charge is 0.235 e. The molecule has 0 saturated heterocycles. The minimum absolute atomic E-state index is 0.652. The van der Waals surface area contributed by atoms with E-state index in [1.165, 1.54) is 54.0 Å². The van der Waals surface area contributed by atoms with Gasteiger partial charge in [0.25, 0.3) is 0 Å². The molecule has 13 rings (SSSR count). The van der Waals surface area contributed by atoms with Crippen molar-refractivity contribution in [2.24, 2.45) is 0 Å². The van der Waals surface area contributed by atoms with Crippen molar-refractivity contribution < 1.29 is 4.42 Å². The van der Waals surface area contributed by atoms with E-state index in [1.807, 2.05) is 12.1 Å². The zero-order valence-electron chi connectivity index (χ0n) is 31.1. The summed E-state index contributed by atoms with van der Waals surface area (Å²) in [6, 6.07) is 67.2. The van der Waals surface area contributed by atoms with Gasteiger partial charge in [-0.2, -0.15) is 0 Å². The fourth-order valence-corrected chi connectivity index (χ4v) is 9.66. The molecule has 0 fully saturated rings. The quantitative estimate of drug-likeness (QED) is 0.170. The molecular formula is C54H31N3O. The molecule has 0 aliphatic heterocycles. The Morgan fingerprint density at radius 2 is 1.05 bits per heavy atom. The van der Waals surface area contributed by atoms with Gasteiger partial charge in [-0.15, -0.1) is 0 Å². The molecule has 0 amide bonds. The lowest BCUT2D eigenvalue weighted by molar-refractivity contribution is 0.669. The number of furan rings is 1. The van der Waals surface area contributed by atoms with Crippen LogP contribution < -0.4 is 0 Å². The van der Waals surface area contributed by atoms with E-state index in [2.05, 4.69) is 180 Å². The SMILES string of the molecule is c1ccc(-c2nc(-n3c4ccc5ccccc5c4c4c5c6ccccc6c(-c6ccc7oc8ccccc8c7c6)cc5c5ccccc5c43)nc3ccccc23)cc1. The van der Waals surface area contributed by atoms with Crippen LogP contribution in [0.4, 0.5) is 0 Å². The van der Waals surface area contributed by atoms with Gasteiger partial charge in [-0.25, -0.2) is 9.97 Å². The van der Waals surface area contributed by atoms with Crippen LogP contribution in [0, 0.1) is 0 Å². The Morgan fingerprint density at radius 1 is 0.379 bits per heavy atom. The summed E-state index contributed by atoms with van der Waals surface area (Å²) in [5.74, 6) is 0.652. The third-order valence-electron chi connectivity index (χ3n) is 12.2. The van der Waals surface area contributed by atoms with Crippen molar-refractivity contribution in [1.29, 1.82) is 0 Å². The summed E-state index contributed by atoms with van der Waals surface area (Å²) in [4.78, 5) is 10.9. The molecule has 4 heteroatoms. The van der Waals surface area contributed by atoms with Crippen molar-refractivity contribution in [2.75, 3.05) is 0 Å². The number of nitrogens with zero attached hydrogens (tertiary/aromatic N) is 3. The van der Waals surface area contributed by atoms with Crippen molar-refractivity contribution in [3.05, 3.63) is 188 Å². The highest BCUT2D eigenvalue weighted by Gasteiger charge is 2.25. The maximum Gasteiger partial charge on any atom is 0.235 e. The predicted molar refractivity (Wildman–Crippen MR) is 242 cm³/mol. The van der Waals surface area contributed by atoms with E-state index in [-0.39, 0.29) is 0 Å². The van der Waals surface area contributed by atoms with Crippen LogP contribution in [0.3, 0.4) is 0 Å². The lowest BCUT2D eigenvalue weighted by Crippen LogP contribution is -2.04. The normalized spacial score (nSPS) is 12.1. The van der Waals surface area contributed by atoms with E-state index < -0.39 is 0 Å². The van der Waals surface area contributed by atoms with Crippen molar-refractivity contribution in [1.82, 2.24) is 14.5 Å². The van der Waals surface area contributed by atoms with Crippen LogP contribution in [-0.4, -0.2) is 14.5 Å². The highest BCUT2D eigenvalue weighted by Crippen LogP contribution is 2.48. The zero-order chi connectivity index (χ0) is 37.9. The first kappa shape index (κ1) is 31.4. The van der Waals surface area contributed by atoms with Crippen molar-refractivity contribution >= 4 is 97.7 Å². The van der Waals surface area contributed by atoms with E-state index in [1.54, 1.807) is 0 Å². The minimum Gasteiger partial charge on any atom is -0.456 e. The molecule has 3 aromatic heterocycles. The second kappa shape index (κ2) is 11.8. The van der Waals surface area contributed by atoms with Crippen LogP contribution in [0.5, 0.6) is 0 Å².